The Bertz CT molecular complexity index is 781. The quantitative estimate of drug-likeness (QED) is 0.807. The molecule has 0 N–H and O–H groups in total. The molecule has 0 bridgehead atoms. The summed E-state index contributed by atoms with van der Waals surface area (Å²) in [5, 5.41) is 6.90. The zero-order valence-corrected chi connectivity index (χ0v) is 15.4. The number of ether oxygens (including phenoxy) is 1. The average Bonchev–Trinajstić information content (AvgIpc) is 3.11. The van der Waals surface area contributed by atoms with E-state index in [1.165, 1.54) is 6.20 Å². The molecule has 0 aliphatic carbocycles. The van der Waals surface area contributed by atoms with Crippen LogP contribution in [0.2, 0.25) is 0 Å². The lowest BCUT2D eigenvalue weighted by Crippen LogP contribution is -2.50. The number of piperazine rings is 1. The monoisotopic (exact) mass is 381 g/mol. The first-order chi connectivity index (χ1) is 12.7. The van der Waals surface area contributed by atoms with Crippen molar-refractivity contribution in [2.75, 3.05) is 31.1 Å². The Morgan fingerprint density at radius 3 is 2.41 bits per heavy atom. The van der Waals surface area contributed by atoms with E-state index in [9.17, 15) is 13.6 Å². The largest absolute Gasteiger partial charge is 0.444 e. The molecule has 0 atom stereocenters. The standard InChI is InChI=1S/C17H21F2N5O3/c1-17(2,3)27-16(25)24-8-6-23(7-9-24)12-5-4-11(10-20-12)14-21-22-15(26-14)13(18)19/h4-5,10,13H,6-9H2,1-3H3. The third kappa shape index (κ3) is 4.69. The van der Waals surface area contributed by atoms with Gasteiger partial charge in [-0.05, 0) is 32.9 Å². The first kappa shape index (κ1) is 19.0. The van der Waals surface area contributed by atoms with Crippen LogP contribution in [0.3, 0.4) is 0 Å². The summed E-state index contributed by atoms with van der Waals surface area (Å²) in [4.78, 5) is 20.1. The molecule has 146 valence electrons. The maximum Gasteiger partial charge on any atom is 0.410 e. The van der Waals surface area contributed by atoms with Gasteiger partial charge in [-0.15, -0.1) is 10.2 Å². The van der Waals surface area contributed by atoms with Gasteiger partial charge < -0.3 is 19.0 Å². The van der Waals surface area contributed by atoms with E-state index in [0.29, 0.717) is 31.7 Å². The summed E-state index contributed by atoms with van der Waals surface area (Å²) in [6.07, 6.45) is -1.63. The van der Waals surface area contributed by atoms with E-state index in [2.05, 4.69) is 15.2 Å². The van der Waals surface area contributed by atoms with E-state index >= 15 is 0 Å². The highest BCUT2D eigenvalue weighted by molar-refractivity contribution is 5.68. The Morgan fingerprint density at radius 1 is 1.19 bits per heavy atom. The summed E-state index contributed by atoms with van der Waals surface area (Å²) in [6, 6.07) is 3.44. The Labute approximate surface area is 155 Å². The third-order valence-corrected chi connectivity index (χ3v) is 3.88. The molecule has 1 aliphatic heterocycles. The number of anilines is 1. The highest BCUT2D eigenvalue weighted by Crippen LogP contribution is 2.24. The van der Waals surface area contributed by atoms with Crippen LogP contribution in [-0.2, 0) is 4.74 Å². The lowest BCUT2D eigenvalue weighted by molar-refractivity contribution is 0.0240. The van der Waals surface area contributed by atoms with E-state index < -0.39 is 17.9 Å². The van der Waals surface area contributed by atoms with Crippen molar-refractivity contribution in [3.05, 3.63) is 24.2 Å². The average molecular weight is 381 g/mol. The molecule has 1 amide bonds. The van der Waals surface area contributed by atoms with Crippen molar-refractivity contribution in [2.45, 2.75) is 32.8 Å². The van der Waals surface area contributed by atoms with Gasteiger partial charge in [0.1, 0.15) is 11.4 Å². The highest BCUT2D eigenvalue weighted by Gasteiger charge is 2.26. The lowest BCUT2D eigenvalue weighted by atomic mass is 10.2. The van der Waals surface area contributed by atoms with E-state index in [4.69, 9.17) is 9.15 Å². The molecule has 0 unspecified atom stereocenters. The Morgan fingerprint density at radius 2 is 1.89 bits per heavy atom. The van der Waals surface area contributed by atoms with Gasteiger partial charge in [0, 0.05) is 32.4 Å². The van der Waals surface area contributed by atoms with Crippen LogP contribution in [0.5, 0.6) is 0 Å². The molecule has 1 aliphatic rings. The summed E-state index contributed by atoms with van der Waals surface area (Å²) in [5.41, 5.74) is -0.0598. The maximum atomic E-state index is 12.5. The minimum Gasteiger partial charge on any atom is -0.444 e. The molecule has 0 aromatic carbocycles. The molecule has 0 spiro atoms. The second-order valence-electron chi connectivity index (χ2n) is 7.11. The van der Waals surface area contributed by atoms with Gasteiger partial charge in [0.15, 0.2) is 0 Å². The fraction of sp³-hybridized carbons (Fsp3) is 0.529. The van der Waals surface area contributed by atoms with E-state index in [1.807, 2.05) is 25.7 Å². The van der Waals surface area contributed by atoms with E-state index in [0.717, 1.165) is 5.82 Å². The van der Waals surface area contributed by atoms with Gasteiger partial charge >= 0.3 is 12.5 Å². The number of alkyl halides is 2. The zero-order chi connectivity index (χ0) is 19.6. The minimum absolute atomic E-state index is 0.000838. The Kier molecular flexibility index (Phi) is 5.24. The summed E-state index contributed by atoms with van der Waals surface area (Å²) in [7, 11) is 0. The molecule has 3 heterocycles. The normalized spacial score (nSPS) is 15.3. The number of nitrogens with zero attached hydrogens (tertiary/aromatic N) is 5. The Hall–Kier alpha value is -2.78. The first-order valence-corrected chi connectivity index (χ1v) is 8.54. The number of carbonyl (C=O) groups is 1. The van der Waals surface area contributed by atoms with Gasteiger partial charge in [-0.1, -0.05) is 0 Å². The van der Waals surface area contributed by atoms with Gasteiger partial charge in [-0.2, -0.15) is 8.78 Å². The number of rotatable bonds is 3. The van der Waals surface area contributed by atoms with Crippen molar-refractivity contribution in [3.8, 4) is 11.5 Å². The van der Waals surface area contributed by atoms with E-state index in [1.54, 1.807) is 17.0 Å². The Balaban J connectivity index is 1.59. The van der Waals surface area contributed by atoms with Crippen molar-refractivity contribution in [3.63, 3.8) is 0 Å². The molecule has 10 heteroatoms. The van der Waals surface area contributed by atoms with Crippen molar-refractivity contribution >= 4 is 11.9 Å². The molecule has 2 aromatic rings. The van der Waals surface area contributed by atoms with Crippen molar-refractivity contribution in [2.24, 2.45) is 0 Å². The van der Waals surface area contributed by atoms with Crippen molar-refractivity contribution < 1.29 is 22.7 Å². The van der Waals surface area contributed by atoms with Gasteiger partial charge in [0.25, 0.3) is 5.89 Å². The van der Waals surface area contributed by atoms with Gasteiger partial charge in [-0.3, -0.25) is 0 Å². The molecule has 0 saturated carbocycles. The van der Waals surface area contributed by atoms with Crippen LogP contribution >= 0.6 is 0 Å². The second kappa shape index (κ2) is 7.45. The fourth-order valence-electron chi connectivity index (χ4n) is 2.58. The summed E-state index contributed by atoms with van der Waals surface area (Å²) >= 11 is 0. The summed E-state index contributed by atoms with van der Waals surface area (Å²) in [6.45, 7) is 7.78. The maximum absolute atomic E-state index is 12.5. The predicted octanol–water partition coefficient (Wildman–Crippen LogP) is 3.13. The van der Waals surface area contributed by atoms with Crippen LogP contribution in [0.15, 0.2) is 22.7 Å². The first-order valence-electron chi connectivity index (χ1n) is 8.54. The van der Waals surface area contributed by atoms with Crippen LogP contribution < -0.4 is 4.90 Å². The number of pyridine rings is 1. The lowest BCUT2D eigenvalue weighted by Gasteiger charge is -2.36. The summed E-state index contributed by atoms with van der Waals surface area (Å²) < 4.78 is 35.3. The van der Waals surface area contributed by atoms with Gasteiger partial charge in [0.05, 0.1) is 5.56 Å². The molecular weight excluding hydrogens is 360 g/mol. The molecule has 2 aromatic heterocycles. The number of hydrogen-bond donors (Lipinski definition) is 0. The molecule has 1 saturated heterocycles. The van der Waals surface area contributed by atoms with Crippen molar-refractivity contribution in [1.29, 1.82) is 0 Å². The predicted molar refractivity (Wildman–Crippen MR) is 92.5 cm³/mol. The summed E-state index contributed by atoms with van der Waals surface area (Å²) in [5.74, 6) is 0.00243. The van der Waals surface area contributed by atoms with Gasteiger partial charge in [0.2, 0.25) is 5.89 Å². The topological polar surface area (TPSA) is 84.6 Å². The molecule has 0 radical (unpaired) electrons. The fourth-order valence-corrected chi connectivity index (χ4v) is 2.58. The third-order valence-electron chi connectivity index (χ3n) is 3.88. The number of halogens is 2. The molecule has 3 rings (SSSR count). The molecule has 8 nitrogen and oxygen atoms in total. The van der Waals surface area contributed by atoms with Crippen LogP contribution in [0, 0.1) is 0 Å². The van der Waals surface area contributed by atoms with Crippen molar-refractivity contribution in [1.82, 2.24) is 20.1 Å². The smallest absolute Gasteiger partial charge is 0.410 e. The zero-order valence-electron chi connectivity index (χ0n) is 15.4. The SMILES string of the molecule is CC(C)(C)OC(=O)N1CCN(c2ccc(-c3nnc(C(F)F)o3)cn2)CC1. The highest BCUT2D eigenvalue weighted by atomic mass is 19.3. The van der Waals surface area contributed by atoms with E-state index in [-0.39, 0.29) is 12.0 Å². The van der Waals surface area contributed by atoms with Crippen LogP contribution in [0.1, 0.15) is 33.1 Å². The number of aromatic nitrogens is 3. The molecule has 27 heavy (non-hydrogen) atoms. The number of amides is 1. The van der Waals surface area contributed by atoms with Crippen LogP contribution in [-0.4, -0.2) is 58.0 Å². The minimum atomic E-state index is -2.81. The molecular formula is C17H21F2N5O3. The van der Waals surface area contributed by atoms with Crippen LogP contribution in [0.25, 0.3) is 11.5 Å². The van der Waals surface area contributed by atoms with Gasteiger partial charge in [-0.25, -0.2) is 9.78 Å². The second-order valence-corrected chi connectivity index (χ2v) is 7.11. The van der Waals surface area contributed by atoms with Crippen LogP contribution in [0.4, 0.5) is 19.4 Å². The number of hydrogen-bond acceptors (Lipinski definition) is 7. The molecule has 1 fully saturated rings. The number of carbonyl (C=O) groups excluding carboxylic acids is 1.